The van der Waals surface area contributed by atoms with Gasteiger partial charge in [-0.25, -0.2) is 4.79 Å². The first-order valence-corrected chi connectivity index (χ1v) is 9.50. The Morgan fingerprint density at radius 2 is 2.00 bits per heavy atom. The Balaban J connectivity index is 1.61. The van der Waals surface area contributed by atoms with Crippen molar-refractivity contribution < 1.29 is 14.3 Å². The van der Waals surface area contributed by atoms with E-state index in [1.54, 1.807) is 6.92 Å². The molecule has 1 atom stereocenters. The molecule has 1 saturated heterocycles. The number of likely N-dealkylation sites (tertiary alicyclic amines) is 1. The van der Waals surface area contributed by atoms with Gasteiger partial charge in [0.15, 0.2) is 0 Å². The van der Waals surface area contributed by atoms with Crippen molar-refractivity contribution >= 4 is 11.9 Å². The van der Waals surface area contributed by atoms with Gasteiger partial charge in [0.2, 0.25) is 0 Å². The molecule has 2 fully saturated rings. The van der Waals surface area contributed by atoms with E-state index in [0.717, 1.165) is 45.2 Å². The molecular formula is C19H30N2O3. The van der Waals surface area contributed by atoms with Crippen molar-refractivity contribution in [2.75, 3.05) is 19.6 Å². The number of nitrogens with zero attached hydrogens (tertiary/aromatic N) is 1. The van der Waals surface area contributed by atoms with Crippen LogP contribution in [-0.2, 0) is 14.3 Å². The zero-order valence-electron chi connectivity index (χ0n) is 15.0. The summed E-state index contributed by atoms with van der Waals surface area (Å²) in [6, 6.07) is 0.595. The van der Waals surface area contributed by atoms with Gasteiger partial charge in [0.25, 0.3) is 5.91 Å². The molecular weight excluding hydrogens is 304 g/mol. The molecule has 1 aliphatic carbocycles. The molecule has 134 valence electrons. The average molecular weight is 334 g/mol. The third kappa shape index (κ3) is 3.37. The molecule has 3 aliphatic rings. The lowest BCUT2D eigenvalue weighted by atomic mass is 9.78. The summed E-state index contributed by atoms with van der Waals surface area (Å²) >= 11 is 0. The lowest BCUT2D eigenvalue weighted by molar-refractivity contribution is -0.149. The summed E-state index contributed by atoms with van der Waals surface area (Å²) in [5, 5.41) is 3.04. The third-order valence-corrected chi connectivity index (χ3v) is 5.94. The highest BCUT2D eigenvalue weighted by atomic mass is 16.6. The van der Waals surface area contributed by atoms with Crippen LogP contribution in [0, 0.1) is 0 Å². The molecule has 2 aliphatic heterocycles. The van der Waals surface area contributed by atoms with Crippen molar-refractivity contribution in [2.45, 2.75) is 76.9 Å². The lowest BCUT2D eigenvalue weighted by Crippen LogP contribution is -2.45. The fourth-order valence-corrected chi connectivity index (χ4v) is 4.49. The summed E-state index contributed by atoms with van der Waals surface area (Å²) in [5.74, 6) is -0.420. The summed E-state index contributed by atoms with van der Waals surface area (Å²) in [7, 11) is 0. The van der Waals surface area contributed by atoms with Crippen molar-refractivity contribution in [3.8, 4) is 0 Å². The summed E-state index contributed by atoms with van der Waals surface area (Å²) in [4.78, 5) is 27.3. The second-order valence-corrected chi connectivity index (χ2v) is 7.58. The number of esters is 1. The van der Waals surface area contributed by atoms with Gasteiger partial charge in [-0.05, 0) is 58.9 Å². The number of carbonyl (C=O) groups excluding carboxylic acids is 2. The Bertz CT molecular complexity index is 535. The lowest BCUT2D eigenvalue weighted by Gasteiger charge is -2.35. The highest BCUT2D eigenvalue weighted by molar-refractivity contribution is 6.07. The quantitative estimate of drug-likeness (QED) is 0.803. The van der Waals surface area contributed by atoms with Crippen molar-refractivity contribution in [1.29, 1.82) is 0 Å². The van der Waals surface area contributed by atoms with E-state index in [0.29, 0.717) is 23.7 Å². The fraction of sp³-hybridized carbons (Fsp3) is 0.789. The second kappa shape index (κ2) is 7.26. The Kier molecular flexibility index (Phi) is 5.28. The standard InChI is InChI=1S/C19H30N2O3/c1-14-8-4-7-12-21(14)13-11-20-17(22)16-15(2)18(23)24-19(16)9-5-3-6-10-19/h14H,3-13H2,1-2H3,(H,20,22)/t14-/m0/s1. The van der Waals surface area contributed by atoms with Crippen LogP contribution in [0.1, 0.15) is 65.2 Å². The molecule has 0 aromatic heterocycles. The van der Waals surface area contributed by atoms with Crippen LogP contribution >= 0.6 is 0 Å². The van der Waals surface area contributed by atoms with Crippen molar-refractivity contribution in [3.05, 3.63) is 11.1 Å². The van der Waals surface area contributed by atoms with Crippen LogP contribution in [0.5, 0.6) is 0 Å². The summed E-state index contributed by atoms with van der Waals surface area (Å²) in [6.07, 6.45) is 8.53. The number of piperidine rings is 1. The number of hydrogen-bond donors (Lipinski definition) is 1. The predicted molar refractivity (Wildman–Crippen MR) is 92.5 cm³/mol. The van der Waals surface area contributed by atoms with Crippen LogP contribution in [0.15, 0.2) is 11.1 Å². The van der Waals surface area contributed by atoms with Crippen LogP contribution < -0.4 is 5.32 Å². The maximum atomic E-state index is 12.8. The Morgan fingerprint density at radius 3 is 2.71 bits per heavy atom. The number of rotatable bonds is 4. The molecule has 24 heavy (non-hydrogen) atoms. The maximum absolute atomic E-state index is 12.8. The van der Waals surface area contributed by atoms with Gasteiger partial charge < -0.3 is 10.1 Å². The van der Waals surface area contributed by atoms with E-state index in [1.807, 2.05) is 0 Å². The van der Waals surface area contributed by atoms with Gasteiger partial charge in [-0.15, -0.1) is 0 Å². The molecule has 0 radical (unpaired) electrons. The maximum Gasteiger partial charge on any atom is 0.335 e. The normalized spacial score (nSPS) is 27.4. The molecule has 3 rings (SSSR count). The molecule has 1 saturated carbocycles. The molecule has 1 spiro atoms. The van der Waals surface area contributed by atoms with Gasteiger partial charge in [-0.3, -0.25) is 9.69 Å². The number of amides is 1. The molecule has 0 aromatic rings. The van der Waals surface area contributed by atoms with E-state index in [2.05, 4.69) is 17.1 Å². The summed E-state index contributed by atoms with van der Waals surface area (Å²) in [5.41, 5.74) is 0.446. The number of carbonyl (C=O) groups is 2. The largest absolute Gasteiger partial charge is 0.451 e. The van der Waals surface area contributed by atoms with Gasteiger partial charge >= 0.3 is 5.97 Å². The highest BCUT2D eigenvalue weighted by Gasteiger charge is 2.49. The fourth-order valence-electron chi connectivity index (χ4n) is 4.49. The van der Waals surface area contributed by atoms with E-state index in [4.69, 9.17) is 4.74 Å². The monoisotopic (exact) mass is 334 g/mol. The van der Waals surface area contributed by atoms with Crippen LogP contribution in [0.4, 0.5) is 0 Å². The molecule has 0 bridgehead atoms. The molecule has 5 heteroatoms. The van der Waals surface area contributed by atoms with E-state index in [9.17, 15) is 9.59 Å². The molecule has 1 N–H and O–H groups in total. The topological polar surface area (TPSA) is 58.6 Å². The van der Waals surface area contributed by atoms with Gasteiger partial charge in [0.05, 0.1) is 5.57 Å². The first-order chi connectivity index (χ1) is 11.5. The Labute approximate surface area is 144 Å². The summed E-state index contributed by atoms with van der Waals surface area (Å²) < 4.78 is 5.66. The molecule has 5 nitrogen and oxygen atoms in total. The number of nitrogens with one attached hydrogen (secondary N) is 1. The Morgan fingerprint density at radius 1 is 1.25 bits per heavy atom. The zero-order chi connectivity index (χ0) is 17.2. The second-order valence-electron chi connectivity index (χ2n) is 7.58. The smallest absolute Gasteiger partial charge is 0.335 e. The zero-order valence-corrected chi connectivity index (χ0v) is 15.0. The minimum Gasteiger partial charge on any atom is -0.451 e. The van der Waals surface area contributed by atoms with Crippen molar-refractivity contribution in [2.24, 2.45) is 0 Å². The van der Waals surface area contributed by atoms with E-state index >= 15 is 0 Å². The van der Waals surface area contributed by atoms with Gasteiger partial charge in [-0.1, -0.05) is 12.8 Å². The van der Waals surface area contributed by atoms with Gasteiger partial charge in [0, 0.05) is 24.7 Å². The highest BCUT2D eigenvalue weighted by Crippen LogP contribution is 2.43. The van der Waals surface area contributed by atoms with Crippen molar-refractivity contribution in [3.63, 3.8) is 0 Å². The van der Waals surface area contributed by atoms with Crippen molar-refractivity contribution in [1.82, 2.24) is 10.2 Å². The molecule has 0 aromatic carbocycles. The SMILES string of the molecule is CC1=C(C(=O)NCCN2CCCC[C@@H]2C)C2(CCCCC2)OC1=O. The third-order valence-electron chi connectivity index (χ3n) is 5.94. The minimum absolute atomic E-state index is 0.107. The van der Waals surface area contributed by atoms with E-state index in [-0.39, 0.29) is 11.9 Å². The predicted octanol–water partition coefficient (Wildman–Crippen LogP) is 2.55. The number of ether oxygens (including phenoxy) is 1. The Hall–Kier alpha value is -1.36. The first-order valence-electron chi connectivity index (χ1n) is 9.50. The van der Waals surface area contributed by atoms with Crippen LogP contribution in [-0.4, -0.2) is 48.1 Å². The van der Waals surface area contributed by atoms with Crippen LogP contribution in [0.25, 0.3) is 0 Å². The minimum atomic E-state index is -0.651. The molecule has 1 amide bonds. The first kappa shape index (κ1) is 17.5. The molecule has 2 heterocycles. The average Bonchev–Trinajstić information content (AvgIpc) is 2.80. The van der Waals surface area contributed by atoms with E-state index < -0.39 is 5.60 Å². The van der Waals surface area contributed by atoms with Crippen LogP contribution in [0.2, 0.25) is 0 Å². The van der Waals surface area contributed by atoms with E-state index in [1.165, 1.54) is 19.3 Å². The summed E-state index contributed by atoms with van der Waals surface area (Å²) in [6.45, 7) is 6.61. The molecule has 0 unspecified atom stereocenters. The number of hydrogen-bond acceptors (Lipinski definition) is 4. The van der Waals surface area contributed by atoms with Gasteiger partial charge in [-0.2, -0.15) is 0 Å². The van der Waals surface area contributed by atoms with Gasteiger partial charge in [0.1, 0.15) is 5.60 Å². The van der Waals surface area contributed by atoms with Crippen LogP contribution in [0.3, 0.4) is 0 Å².